The number of halogens is 1. The normalized spacial score (nSPS) is 16.0. The molecule has 1 aliphatic heterocycles. The van der Waals surface area contributed by atoms with E-state index in [1.54, 1.807) is 29.2 Å². The minimum atomic E-state index is -0.205. The molecule has 0 aliphatic carbocycles. The number of likely N-dealkylation sites (N-methyl/N-ethyl adjacent to an activating group) is 1. The van der Waals surface area contributed by atoms with Crippen molar-refractivity contribution in [2.45, 2.75) is 6.92 Å². The standard InChI is InChI=1S/C15H17ClN4O2/c1-2-19-7-9-20(10-8-19)15(21)14-18-17-13(22-14)11-3-5-12(16)6-4-11/h3-6H,2,7-10H2,1H3. The van der Waals surface area contributed by atoms with Crippen molar-refractivity contribution in [3.8, 4) is 11.5 Å². The average molecular weight is 321 g/mol. The second kappa shape index (κ2) is 6.46. The topological polar surface area (TPSA) is 62.5 Å². The Kier molecular flexibility index (Phi) is 4.40. The lowest BCUT2D eigenvalue weighted by molar-refractivity contribution is 0.0605. The van der Waals surface area contributed by atoms with Crippen molar-refractivity contribution in [3.63, 3.8) is 0 Å². The molecule has 0 atom stereocenters. The van der Waals surface area contributed by atoms with E-state index in [1.807, 2.05) is 0 Å². The maximum absolute atomic E-state index is 12.4. The van der Waals surface area contributed by atoms with Crippen LogP contribution < -0.4 is 0 Å². The van der Waals surface area contributed by atoms with Gasteiger partial charge in [0.05, 0.1) is 0 Å². The molecule has 1 amide bonds. The van der Waals surface area contributed by atoms with Gasteiger partial charge in [-0.05, 0) is 30.8 Å². The molecule has 7 heteroatoms. The van der Waals surface area contributed by atoms with Crippen molar-refractivity contribution in [2.24, 2.45) is 0 Å². The Hall–Kier alpha value is -1.92. The van der Waals surface area contributed by atoms with Crippen molar-refractivity contribution in [1.82, 2.24) is 20.0 Å². The third kappa shape index (κ3) is 3.13. The van der Waals surface area contributed by atoms with E-state index in [0.29, 0.717) is 24.0 Å². The van der Waals surface area contributed by atoms with E-state index < -0.39 is 0 Å². The number of hydrogen-bond donors (Lipinski definition) is 0. The summed E-state index contributed by atoms with van der Waals surface area (Å²) in [7, 11) is 0. The summed E-state index contributed by atoms with van der Waals surface area (Å²) >= 11 is 5.85. The van der Waals surface area contributed by atoms with E-state index in [2.05, 4.69) is 22.0 Å². The molecule has 1 aliphatic rings. The maximum Gasteiger partial charge on any atom is 0.311 e. The molecule has 0 unspecified atom stereocenters. The predicted octanol–water partition coefficient (Wildman–Crippen LogP) is 2.17. The lowest BCUT2D eigenvalue weighted by Crippen LogP contribution is -2.48. The van der Waals surface area contributed by atoms with Crippen LogP contribution in [0.15, 0.2) is 28.7 Å². The van der Waals surface area contributed by atoms with Gasteiger partial charge in [0, 0.05) is 36.8 Å². The zero-order valence-corrected chi connectivity index (χ0v) is 13.1. The summed E-state index contributed by atoms with van der Waals surface area (Å²) in [6.45, 7) is 6.24. The van der Waals surface area contributed by atoms with Gasteiger partial charge in [-0.3, -0.25) is 4.79 Å². The molecule has 0 radical (unpaired) electrons. The van der Waals surface area contributed by atoms with Gasteiger partial charge in [-0.15, -0.1) is 10.2 Å². The number of carbonyl (C=O) groups excluding carboxylic acids is 1. The van der Waals surface area contributed by atoms with Gasteiger partial charge in [0.1, 0.15) is 0 Å². The van der Waals surface area contributed by atoms with Crippen LogP contribution in [0.2, 0.25) is 5.02 Å². The maximum atomic E-state index is 12.4. The van der Waals surface area contributed by atoms with Gasteiger partial charge in [-0.1, -0.05) is 18.5 Å². The van der Waals surface area contributed by atoms with Crippen LogP contribution in [0.25, 0.3) is 11.5 Å². The van der Waals surface area contributed by atoms with E-state index in [4.69, 9.17) is 16.0 Å². The van der Waals surface area contributed by atoms with Gasteiger partial charge >= 0.3 is 11.8 Å². The molecule has 0 bridgehead atoms. The fraction of sp³-hybridized carbons (Fsp3) is 0.400. The summed E-state index contributed by atoms with van der Waals surface area (Å²) in [5.41, 5.74) is 0.742. The molecular weight excluding hydrogens is 304 g/mol. The third-order valence-electron chi connectivity index (χ3n) is 3.81. The number of nitrogens with zero attached hydrogens (tertiary/aromatic N) is 4. The summed E-state index contributed by atoms with van der Waals surface area (Å²) in [6, 6.07) is 7.05. The van der Waals surface area contributed by atoms with E-state index in [0.717, 1.165) is 25.2 Å². The van der Waals surface area contributed by atoms with Gasteiger partial charge < -0.3 is 14.2 Å². The molecule has 0 saturated carbocycles. The molecule has 2 aromatic rings. The average Bonchev–Trinajstić information content (AvgIpc) is 3.05. The molecule has 22 heavy (non-hydrogen) atoms. The first-order valence-corrected chi connectivity index (χ1v) is 7.66. The largest absolute Gasteiger partial charge is 0.412 e. The summed E-state index contributed by atoms with van der Waals surface area (Å²) < 4.78 is 5.51. The van der Waals surface area contributed by atoms with Crippen LogP contribution in [0.4, 0.5) is 0 Å². The zero-order valence-electron chi connectivity index (χ0n) is 12.3. The Balaban J connectivity index is 1.71. The number of hydrogen-bond acceptors (Lipinski definition) is 5. The quantitative estimate of drug-likeness (QED) is 0.867. The Bertz CT molecular complexity index is 648. The second-order valence-electron chi connectivity index (χ2n) is 5.15. The molecule has 1 aromatic carbocycles. The molecular formula is C15H17ClN4O2. The molecule has 116 valence electrons. The van der Waals surface area contributed by atoms with Crippen LogP contribution in [-0.4, -0.2) is 58.6 Å². The first-order chi connectivity index (χ1) is 10.7. The Morgan fingerprint density at radius 2 is 1.86 bits per heavy atom. The number of piperazine rings is 1. The molecule has 6 nitrogen and oxygen atoms in total. The lowest BCUT2D eigenvalue weighted by Gasteiger charge is -2.33. The highest BCUT2D eigenvalue weighted by atomic mass is 35.5. The predicted molar refractivity (Wildman–Crippen MR) is 82.8 cm³/mol. The van der Waals surface area contributed by atoms with Gasteiger partial charge in [0.2, 0.25) is 5.89 Å². The first-order valence-electron chi connectivity index (χ1n) is 7.28. The summed E-state index contributed by atoms with van der Waals surface area (Å²) in [5, 5.41) is 8.45. The van der Waals surface area contributed by atoms with Crippen LogP contribution in [0, 0.1) is 0 Å². The van der Waals surface area contributed by atoms with Crippen LogP contribution in [0.3, 0.4) is 0 Å². The Labute approximate surface area is 133 Å². The highest BCUT2D eigenvalue weighted by Gasteiger charge is 2.25. The van der Waals surface area contributed by atoms with Crippen LogP contribution >= 0.6 is 11.6 Å². The number of rotatable bonds is 3. The Morgan fingerprint density at radius 3 is 2.50 bits per heavy atom. The van der Waals surface area contributed by atoms with Gasteiger partial charge in [0.25, 0.3) is 0 Å². The minimum Gasteiger partial charge on any atom is -0.412 e. The van der Waals surface area contributed by atoms with Crippen molar-refractivity contribution >= 4 is 17.5 Å². The van der Waals surface area contributed by atoms with E-state index in [9.17, 15) is 4.79 Å². The molecule has 1 fully saturated rings. The van der Waals surface area contributed by atoms with Crippen molar-refractivity contribution in [2.75, 3.05) is 32.7 Å². The van der Waals surface area contributed by atoms with Crippen LogP contribution in [0.1, 0.15) is 17.6 Å². The van der Waals surface area contributed by atoms with Gasteiger partial charge in [-0.2, -0.15) is 0 Å². The van der Waals surface area contributed by atoms with Gasteiger partial charge in [-0.25, -0.2) is 0 Å². The van der Waals surface area contributed by atoms with E-state index >= 15 is 0 Å². The number of amides is 1. The fourth-order valence-corrected chi connectivity index (χ4v) is 2.55. The van der Waals surface area contributed by atoms with E-state index in [-0.39, 0.29) is 11.8 Å². The third-order valence-corrected chi connectivity index (χ3v) is 4.06. The van der Waals surface area contributed by atoms with E-state index in [1.165, 1.54) is 0 Å². The number of carbonyl (C=O) groups is 1. The minimum absolute atomic E-state index is 0.0369. The number of aromatic nitrogens is 2. The summed E-state index contributed by atoms with van der Waals surface area (Å²) in [5.74, 6) is 0.158. The molecule has 1 saturated heterocycles. The molecule has 0 spiro atoms. The highest BCUT2D eigenvalue weighted by Crippen LogP contribution is 2.20. The first kappa shape index (κ1) is 15.0. The van der Waals surface area contributed by atoms with Crippen molar-refractivity contribution in [1.29, 1.82) is 0 Å². The smallest absolute Gasteiger partial charge is 0.311 e. The lowest BCUT2D eigenvalue weighted by atomic mass is 10.2. The van der Waals surface area contributed by atoms with Crippen LogP contribution in [-0.2, 0) is 0 Å². The number of benzene rings is 1. The zero-order chi connectivity index (χ0) is 15.5. The van der Waals surface area contributed by atoms with Crippen molar-refractivity contribution < 1.29 is 9.21 Å². The summed E-state index contributed by atoms with van der Waals surface area (Å²) in [4.78, 5) is 16.4. The Morgan fingerprint density at radius 1 is 1.18 bits per heavy atom. The second-order valence-corrected chi connectivity index (χ2v) is 5.58. The van der Waals surface area contributed by atoms with Crippen molar-refractivity contribution in [3.05, 3.63) is 35.2 Å². The molecule has 2 heterocycles. The monoisotopic (exact) mass is 320 g/mol. The van der Waals surface area contributed by atoms with Crippen LogP contribution in [0.5, 0.6) is 0 Å². The van der Waals surface area contributed by atoms with Gasteiger partial charge in [0.15, 0.2) is 0 Å². The SMILES string of the molecule is CCN1CCN(C(=O)c2nnc(-c3ccc(Cl)cc3)o2)CC1. The highest BCUT2D eigenvalue weighted by molar-refractivity contribution is 6.30. The molecule has 0 N–H and O–H groups in total. The molecule has 3 rings (SSSR count). The molecule has 1 aromatic heterocycles. The fourth-order valence-electron chi connectivity index (χ4n) is 2.42. The summed E-state index contributed by atoms with van der Waals surface area (Å²) in [6.07, 6.45) is 0.